The molecule has 2 rings (SSSR count). The fourth-order valence-corrected chi connectivity index (χ4v) is 2.28. The zero-order valence-electron chi connectivity index (χ0n) is 12.1. The quantitative estimate of drug-likeness (QED) is 0.769. The molecule has 106 valence electrons. The highest BCUT2D eigenvalue weighted by atomic mass is 16.3. The molecule has 1 aliphatic carbocycles. The maximum Gasteiger partial charge on any atom is 0.223 e. The van der Waals surface area contributed by atoms with Crippen molar-refractivity contribution in [3.63, 3.8) is 0 Å². The molecule has 1 aromatic rings. The summed E-state index contributed by atoms with van der Waals surface area (Å²) in [5.41, 5.74) is 0. The molecule has 1 aromatic heterocycles. The van der Waals surface area contributed by atoms with E-state index in [9.17, 15) is 4.79 Å². The van der Waals surface area contributed by atoms with Crippen LogP contribution in [0.5, 0.6) is 0 Å². The minimum absolute atomic E-state index is 0.152. The van der Waals surface area contributed by atoms with Crippen molar-refractivity contribution in [1.29, 1.82) is 0 Å². The van der Waals surface area contributed by atoms with Crippen LogP contribution >= 0.6 is 0 Å². The molecule has 19 heavy (non-hydrogen) atoms. The number of furan rings is 1. The first-order valence-corrected chi connectivity index (χ1v) is 7.15. The van der Waals surface area contributed by atoms with Crippen molar-refractivity contribution in [2.45, 2.75) is 39.2 Å². The number of carbonyl (C=O) groups excluding carboxylic acids is 1. The fraction of sp³-hybridized carbons (Fsp3) is 0.667. The van der Waals surface area contributed by atoms with Gasteiger partial charge >= 0.3 is 0 Å². The minimum atomic E-state index is 0.152. The van der Waals surface area contributed by atoms with Crippen LogP contribution in [0, 0.1) is 5.92 Å². The number of carbonyl (C=O) groups is 1. The van der Waals surface area contributed by atoms with Gasteiger partial charge in [0.1, 0.15) is 11.5 Å². The molecule has 2 atom stereocenters. The molecule has 1 aliphatic rings. The van der Waals surface area contributed by atoms with E-state index in [1.165, 1.54) is 6.42 Å². The second-order valence-corrected chi connectivity index (χ2v) is 5.48. The lowest BCUT2D eigenvalue weighted by molar-refractivity contribution is -0.130. The van der Waals surface area contributed by atoms with Gasteiger partial charge in [-0.05, 0) is 31.0 Å². The van der Waals surface area contributed by atoms with Crippen LogP contribution in [-0.2, 0) is 11.3 Å². The summed E-state index contributed by atoms with van der Waals surface area (Å²) in [5, 5.41) is 3.16. The first-order chi connectivity index (χ1) is 9.11. The number of nitrogens with zero attached hydrogens (tertiary/aromatic N) is 1. The van der Waals surface area contributed by atoms with E-state index in [4.69, 9.17) is 4.42 Å². The van der Waals surface area contributed by atoms with E-state index in [2.05, 4.69) is 18.3 Å². The molecule has 1 amide bonds. The molecule has 0 radical (unpaired) electrons. The van der Waals surface area contributed by atoms with Crippen LogP contribution in [0.15, 0.2) is 16.5 Å². The summed E-state index contributed by atoms with van der Waals surface area (Å²) in [6.45, 7) is 6.48. The van der Waals surface area contributed by atoms with Crippen LogP contribution in [0.2, 0.25) is 0 Å². The lowest BCUT2D eigenvalue weighted by atomic mass is 10.3. The summed E-state index contributed by atoms with van der Waals surface area (Å²) in [4.78, 5) is 13.6. The van der Waals surface area contributed by atoms with Crippen molar-refractivity contribution in [2.24, 2.45) is 5.92 Å². The number of hydrogen-bond acceptors (Lipinski definition) is 3. The van der Waals surface area contributed by atoms with E-state index in [0.717, 1.165) is 30.5 Å². The molecule has 1 N–H and O–H groups in total. The predicted octanol–water partition coefficient (Wildman–Crippen LogP) is 2.36. The maximum atomic E-state index is 11.9. The highest BCUT2D eigenvalue weighted by molar-refractivity contribution is 5.75. The molecule has 1 fully saturated rings. The van der Waals surface area contributed by atoms with Crippen molar-refractivity contribution < 1.29 is 9.21 Å². The summed E-state index contributed by atoms with van der Waals surface area (Å²) in [5.74, 6) is 3.46. The summed E-state index contributed by atoms with van der Waals surface area (Å²) >= 11 is 0. The highest BCUT2D eigenvalue weighted by Gasteiger charge is 2.36. The average Bonchev–Trinajstić information content (AvgIpc) is 2.93. The molecular weight excluding hydrogens is 240 g/mol. The molecule has 0 saturated heterocycles. The van der Waals surface area contributed by atoms with E-state index in [-0.39, 0.29) is 5.91 Å². The van der Waals surface area contributed by atoms with E-state index in [1.807, 2.05) is 20.0 Å². The van der Waals surface area contributed by atoms with Crippen LogP contribution < -0.4 is 5.32 Å². The second-order valence-electron chi connectivity index (χ2n) is 5.48. The SMILES string of the molecule is CCNCCC(=O)N(C)Cc1ccc(C2CC2C)o1. The van der Waals surface area contributed by atoms with Crippen LogP contribution in [0.25, 0.3) is 0 Å². The number of amides is 1. The number of nitrogens with one attached hydrogen (secondary N) is 1. The molecule has 0 aliphatic heterocycles. The lowest BCUT2D eigenvalue weighted by Crippen LogP contribution is -2.29. The van der Waals surface area contributed by atoms with Crippen LogP contribution in [0.4, 0.5) is 0 Å². The molecule has 0 bridgehead atoms. The van der Waals surface area contributed by atoms with Crippen LogP contribution in [-0.4, -0.2) is 30.9 Å². The monoisotopic (exact) mass is 264 g/mol. The van der Waals surface area contributed by atoms with Gasteiger partial charge in [0, 0.05) is 25.9 Å². The van der Waals surface area contributed by atoms with E-state index >= 15 is 0 Å². The lowest BCUT2D eigenvalue weighted by Gasteiger charge is -2.15. The van der Waals surface area contributed by atoms with E-state index < -0.39 is 0 Å². The topological polar surface area (TPSA) is 45.5 Å². The second kappa shape index (κ2) is 6.24. The van der Waals surface area contributed by atoms with Crippen LogP contribution in [0.1, 0.15) is 44.1 Å². The van der Waals surface area contributed by atoms with Crippen molar-refractivity contribution in [1.82, 2.24) is 10.2 Å². The largest absolute Gasteiger partial charge is 0.464 e. The molecule has 1 heterocycles. The average molecular weight is 264 g/mol. The Balaban J connectivity index is 1.79. The highest BCUT2D eigenvalue weighted by Crippen LogP contribution is 2.47. The fourth-order valence-electron chi connectivity index (χ4n) is 2.28. The van der Waals surface area contributed by atoms with Crippen molar-refractivity contribution >= 4 is 5.91 Å². The van der Waals surface area contributed by atoms with Gasteiger partial charge in [-0.25, -0.2) is 0 Å². The molecule has 2 unspecified atom stereocenters. The molecule has 0 aromatic carbocycles. The standard InChI is InChI=1S/C15H24N2O2/c1-4-16-8-7-15(18)17(3)10-12-5-6-14(19-12)13-9-11(13)2/h5-6,11,13,16H,4,7-10H2,1-3H3. The zero-order valence-corrected chi connectivity index (χ0v) is 12.1. The summed E-state index contributed by atoms with van der Waals surface area (Å²) in [6.07, 6.45) is 1.77. The maximum absolute atomic E-state index is 11.9. The Morgan fingerprint density at radius 1 is 1.53 bits per heavy atom. The van der Waals surface area contributed by atoms with Gasteiger partial charge in [-0.2, -0.15) is 0 Å². The summed E-state index contributed by atoms with van der Waals surface area (Å²) in [7, 11) is 1.83. The minimum Gasteiger partial charge on any atom is -0.464 e. The number of hydrogen-bond donors (Lipinski definition) is 1. The predicted molar refractivity (Wildman–Crippen MR) is 74.9 cm³/mol. The molecular formula is C15H24N2O2. The van der Waals surface area contributed by atoms with E-state index in [1.54, 1.807) is 4.90 Å². The van der Waals surface area contributed by atoms with Crippen molar-refractivity contribution in [2.75, 3.05) is 20.1 Å². The molecule has 1 saturated carbocycles. The Hall–Kier alpha value is -1.29. The first kappa shape index (κ1) is 14.1. The molecule has 4 nitrogen and oxygen atoms in total. The van der Waals surface area contributed by atoms with Gasteiger partial charge in [0.05, 0.1) is 6.54 Å². The van der Waals surface area contributed by atoms with Crippen molar-refractivity contribution in [3.8, 4) is 0 Å². The van der Waals surface area contributed by atoms with Crippen LogP contribution in [0.3, 0.4) is 0 Å². The summed E-state index contributed by atoms with van der Waals surface area (Å²) in [6, 6.07) is 4.05. The normalized spacial score (nSPS) is 21.4. The van der Waals surface area contributed by atoms with Gasteiger partial charge in [-0.1, -0.05) is 13.8 Å². The molecule has 4 heteroatoms. The van der Waals surface area contributed by atoms with Gasteiger partial charge in [-0.3, -0.25) is 4.79 Å². The summed E-state index contributed by atoms with van der Waals surface area (Å²) < 4.78 is 5.81. The third-order valence-electron chi connectivity index (χ3n) is 3.74. The Morgan fingerprint density at radius 2 is 2.26 bits per heavy atom. The van der Waals surface area contributed by atoms with Gasteiger partial charge in [0.15, 0.2) is 0 Å². The molecule has 0 spiro atoms. The van der Waals surface area contributed by atoms with Gasteiger partial charge in [0.2, 0.25) is 5.91 Å². The van der Waals surface area contributed by atoms with E-state index in [0.29, 0.717) is 18.9 Å². The smallest absolute Gasteiger partial charge is 0.223 e. The van der Waals surface area contributed by atoms with Crippen molar-refractivity contribution in [3.05, 3.63) is 23.7 Å². The Morgan fingerprint density at radius 3 is 2.89 bits per heavy atom. The third kappa shape index (κ3) is 3.83. The Labute approximate surface area is 115 Å². The first-order valence-electron chi connectivity index (χ1n) is 7.15. The Kier molecular flexibility index (Phi) is 4.64. The van der Waals surface area contributed by atoms with Gasteiger partial charge in [0.25, 0.3) is 0 Å². The van der Waals surface area contributed by atoms with Gasteiger partial charge < -0.3 is 14.6 Å². The third-order valence-corrected chi connectivity index (χ3v) is 3.74. The zero-order chi connectivity index (χ0) is 13.8. The van der Waals surface area contributed by atoms with Gasteiger partial charge in [-0.15, -0.1) is 0 Å². The Bertz CT molecular complexity index is 428. The number of rotatable bonds is 7.